The van der Waals surface area contributed by atoms with E-state index in [9.17, 15) is 13.2 Å². The number of amides is 1. The summed E-state index contributed by atoms with van der Waals surface area (Å²) >= 11 is 0. The van der Waals surface area contributed by atoms with E-state index in [4.69, 9.17) is 0 Å². The molecule has 0 aromatic carbocycles. The Labute approximate surface area is 96.9 Å². The van der Waals surface area contributed by atoms with Crippen LogP contribution in [0.25, 0.3) is 0 Å². The zero-order chi connectivity index (χ0) is 12.0. The Morgan fingerprint density at radius 3 is 2.69 bits per heavy atom. The number of carbonyl (C=O) groups is 1. The fourth-order valence-corrected chi connectivity index (χ4v) is 3.41. The maximum absolute atomic E-state index is 11.2. The average Bonchev–Trinajstić information content (AvgIpc) is 2.55. The molecule has 1 aliphatic heterocycles. The van der Waals surface area contributed by atoms with E-state index in [1.54, 1.807) is 0 Å². The summed E-state index contributed by atoms with van der Waals surface area (Å²) in [5.41, 5.74) is 0. The maximum Gasteiger partial charge on any atom is 0.221 e. The predicted octanol–water partition coefficient (Wildman–Crippen LogP) is -0.321. The number of carbonyl (C=O) groups excluding carboxylic acids is 1. The number of rotatable bonds is 6. The van der Waals surface area contributed by atoms with Crippen molar-refractivity contribution in [2.24, 2.45) is 0 Å². The van der Waals surface area contributed by atoms with Gasteiger partial charge < -0.3 is 10.6 Å². The van der Waals surface area contributed by atoms with Crippen LogP contribution in [0.2, 0.25) is 0 Å². The molecule has 1 heterocycles. The van der Waals surface area contributed by atoms with Crippen LogP contribution in [0.5, 0.6) is 0 Å². The van der Waals surface area contributed by atoms with Crippen LogP contribution in [0.15, 0.2) is 0 Å². The Kier molecular flexibility index (Phi) is 5.21. The molecule has 2 N–H and O–H groups in total. The summed E-state index contributed by atoms with van der Waals surface area (Å²) < 4.78 is 22.3. The third kappa shape index (κ3) is 4.94. The van der Waals surface area contributed by atoms with Gasteiger partial charge in [-0.25, -0.2) is 8.42 Å². The second-order valence-corrected chi connectivity index (χ2v) is 6.38. The molecule has 0 saturated carbocycles. The van der Waals surface area contributed by atoms with E-state index in [0.29, 0.717) is 25.9 Å². The normalized spacial score (nSPS) is 23.2. The Hall–Kier alpha value is -0.620. The summed E-state index contributed by atoms with van der Waals surface area (Å²) in [6.07, 6.45) is 2.01. The zero-order valence-corrected chi connectivity index (χ0v) is 10.5. The molecule has 1 rings (SSSR count). The van der Waals surface area contributed by atoms with E-state index >= 15 is 0 Å². The topological polar surface area (TPSA) is 75.3 Å². The molecule has 1 unspecified atom stereocenters. The first kappa shape index (κ1) is 13.4. The summed E-state index contributed by atoms with van der Waals surface area (Å²) in [6.45, 7) is 3.26. The lowest BCUT2D eigenvalue weighted by Gasteiger charge is -2.10. The Morgan fingerprint density at radius 1 is 1.38 bits per heavy atom. The molecular weight excluding hydrogens is 228 g/mol. The first-order valence-corrected chi connectivity index (χ1v) is 7.56. The molecule has 0 aliphatic carbocycles. The highest BCUT2D eigenvalue weighted by Gasteiger charge is 2.27. The van der Waals surface area contributed by atoms with Gasteiger partial charge in [-0.3, -0.25) is 4.79 Å². The van der Waals surface area contributed by atoms with Crippen molar-refractivity contribution in [1.29, 1.82) is 0 Å². The highest BCUT2D eigenvalue weighted by atomic mass is 32.2. The Balaban J connectivity index is 2.10. The molecule has 1 saturated heterocycles. The third-order valence-electron chi connectivity index (χ3n) is 2.59. The summed E-state index contributed by atoms with van der Waals surface area (Å²) in [4.78, 5) is 11.2. The minimum absolute atomic E-state index is 0.0233. The number of hydrogen-bond donors (Lipinski definition) is 2. The summed E-state index contributed by atoms with van der Waals surface area (Å²) in [7, 11) is -2.82. The van der Waals surface area contributed by atoms with Crippen LogP contribution in [0, 0.1) is 0 Å². The lowest BCUT2D eigenvalue weighted by atomic mass is 10.2. The molecule has 5 nitrogen and oxygen atoms in total. The molecule has 0 radical (unpaired) electrons. The van der Waals surface area contributed by atoms with Gasteiger partial charge in [0.15, 0.2) is 9.84 Å². The van der Waals surface area contributed by atoms with Gasteiger partial charge in [-0.1, -0.05) is 6.92 Å². The first-order chi connectivity index (χ1) is 7.53. The van der Waals surface area contributed by atoms with Gasteiger partial charge in [0.05, 0.1) is 11.5 Å². The molecule has 0 spiro atoms. The molecular formula is C10H20N2O3S. The molecule has 6 heteroatoms. The van der Waals surface area contributed by atoms with Crippen molar-refractivity contribution in [2.45, 2.75) is 32.2 Å². The van der Waals surface area contributed by atoms with Gasteiger partial charge >= 0.3 is 0 Å². The van der Waals surface area contributed by atoms with Crippen molar-refractivity contribution in [2.75, 3.05) is 24.6 Å². The van der Waals surface area contributed by atoms with Crippen LogP contribution in [0.3, 0.4) is 0 Å². The highest BCUT2D eigenvalue weighted by Crippen LogP contribution is 2.10. The van der Waals surface area contributed by atoms with E-state index in [-0.39, 0.29) is 23.5 Å². The van der Waals surface area contributed by atoms with Gasteiger partial charge in [-0.15, -0.1) is 0 Å². The number of sulfone groups is 1. The molecule has 1 fully saturated rings. The monoisotopic (exact) mass is 248 g/mol. The fourth-order valence-electron chi connectivity index (χ4n) is 1.70. The molecule has 1 aliphatic rings. The van der Waals surface area contributed by atoms with Crippen LogP contribution in [0.4, 0.5) is 0 Å². The number of nitrogens with one attached hydrogen (secondary N) is 2. The van der Waals surface area contributed by atoms with Gasteiger partial charge in [0, 0.05) is 25.6 Å². The van der Waals surface area contributed by atoms with Gasteiger partial charge in [-0.2, -0.15) is 0 Å². The highest BCUT2D eigenvalue weighted by molar-refractivity contribution is 7.91. The van der Waals surface area contributed by atoms with E-state index in [2.05, 4.69) is 10.6 Å². The van der Waals surface area contributed by atoms with Crippen molar-refractivity contribution in [3.63, 3.8) is 0 Å². The first-order valence-electron chi connectivity index (χ1n) is 5.74. The smallest absolute Gasteiger partial charge is 0.221 e. The van der Waals surface area contributed by atoms with Crippen LogP contribution in [0.1, 0.15) is 26.2 Å². The minimum atomic E-state index is -2.82. The van der Waals surface area contributed by atoms with Gasteiger partial charge in [-0.05, 0) is 12.8 Å². The molecule has 94 valence electrons. The van der Waals surface area contributed by atoms with E-state index in [1.165, 1.54) is 0 Å². The van der Waals surface area contributed by atoms with E-state index in [1.807, 2.05) is 6.92 Å². The fraction of sp³-hybridized carbons (Fsp3) is 0.900. The molecule has 16 heavy (non-hydrogen) atoms. The Morgan fingerprint density at radius 2 is 2.12 bits per heavy atom. The average molecular weight is 248 g/mol. The van der Waals surface area contributed by atoms with E-state index < -0.39 is 9.84 Å². The lowest BCUT2D eigenvalue weighted by Crippen LogP contribution is -2.34. The van der Waals surface area contributed by atoms with Gasteiger partial charge in [0.2, 0.25) is 5.91 Å². The van der Waals surface area contributed by atoms with E-state index in [0.717, 1.165) is 6.42 Å². The standard InChI is InChI=1S/C10H20N2O3S/c1-2-5-12-10(13)3-6-11-9-4-7-16(14,15)8-9/h9,11H,2-8H2,1H3,(H,12,13). The summed E-state index contributed by atoms with van der Waals surface area (Å²) in [5, 5.41) is 5.88. The third-order valence-corrected chi connectivity index (χ3v) is 4.36. The molecule has 0 bridgehead atoms. The second kappa shape index (κ2) is 6.20. The van der Waals surface area contributed by atoms with Crippen LogP contribution in [-0.4, -0.2) is 45.0 Å². The van der Waals surface area contributed by atoms with Crippen LogP contribution in [-0.2, 0) is 14.6 Å². The molecule has 0 aromatic rings. The van der Waals surface area contributed by atoms with Gasteiger partial charge in [0.25, 0.3) is 0 Å². The zero-order valence-electron chi connectivity index (χ0n) is 9.66. The van der Waals surface area contributed by atoms with Crippen LogP contribution < -0.4 is 10.6 Å². The predicted molar refractivity (Wildman–Crippen MR) is 63.0 cm³/mol. The summed E-state index contributed by atoms with van der Waals surface area (Å²) in [5.74, 6) is 0.506. The SMILES string of the molecule is CCCNC(=O)CCNC1CCS(=O)(=O)C1. The number of hydrogen-bond acceptors (Lipinski definition) is 4. The minimum Gasteiger partial charge on any atom is -0.356 e. The van der Waals surface area contributed by atoms with Crippen molar-refractivity contribution in [3.8, 4) is 0 Å². The summed E-state index contributed by atoms with van der Waals surface area (Å²) in [6, 6.07) is 0.0315. The molecule has 1 atom stereocenters. The second-order valence-electron chi connectivity index (χ2n) is 4.15. The van der Waals surface area contributed by atoms with Crippen molar-refractivity contribution in [1.82, 2.24) is 10.6 Å². The van der Waals surface area contributed by atoms with Crippen molar-refractivity contribution >= 4 is 15.7 Å². The molecule has 1 amide bonds. The van der Waals surface area contributed by atoms with Crippen molar-refractivity contribution in [3.05, 3.63) is 0 Å². The quantitative estimate of drug-likeness (QED) is 0.675. The van der Waals surface area contributed by atoms with Gasteiger partial charge in [0.1, 0.15) is 0 Å². The maximum atomic E-state index is 11.2. The lowest BCUT2D eigenvalue weighted by molar-refractivity contribution is -0.121. The Bertz CT molecular complexity index is 327. The molecule has 0 aromatic heterocycles. The van der Waals surface area contributed by atoms with Crippen LogP contribution >= 0.6 is 0 Å². The van der Waals surface area contributed by atoms with Crippen molar-refractivity contribution < 1.29 is 13.2 Å². The largest absolute Gasteiger partial charge is 0.356 e.